The highest BCUT2D eigenvalue weighted by molar-refractivity contribution is 7.85. The fourth-order valence-electron chi connectivity index (χ4n) is 1.28. The van der Waals surface area contributed by atoms with Crippen molar-refractivity contribution in [1.29, 1.82) is 0 Å². The molecular formula is C9H14N2O6S. The molecule has 0 bridgehead atoms. The standard InChI is InChI=1S/C9H14N2O6S/c1-2-17-9(13)8-7(12)6-11(10-8)4-3-5-18(14,15)16/h6,12H,2-5H2,1H3,(H,14,15,16). The van der Waals surface area contributed by atoms with Crippen molar-refractivity contribution in [2.24, 2.45) is 0 Å². The van der Waals surface area contributed by atoms with Crippen molar-refractivity contribution in [3.8, 4) is 5.75 Å². The Hall–Kier alpha value is -1.61. The Kier molecular flexibility index (Phi) is 4.68. The van der Waals surface area contributed by atoms with Gasteiger partial charge in [0, 0.05) is 6.54 Å². The molecule has 8 nitrogen and oxygen atoms in total. The van der Waals surface area contributed by atoms with Gasteiger partial charge >= 0.3 is 5.97 Å². The summed E-state index contributed by atoms with van der Waals surface area (Å²) >= 11 is 0. The van der Waals surface area contributed by atoms with Crippen molar-refractivity contribution in [3.63, 3.8) is 0 Å². The molecule has 2 N–H and O–H groups in total. The molecule has 9 heteroatoms. The maximum absolute atomic E-state index is 11.3. The van der Waals surface area contributed by atoms with Gasteiger partial charge < -0.3 is 9.84 Å². The Balaban J connectivity index is 2.64. The minimum absolute atomic E-state index is 0.113. The van der Waals surface area contributed by atoms with E-state index in [1.165, 1.54) is 10.9 Å². The fraction of sp³-hybridized carbons (Fsp3) is 0.556. The van der Waals surface area contributed by atoms with Crippen LogP contribution in [0.5, 0.6) is 5.75 Å². The lowest BCUT2D eigenvalue weighted by Gasteiger charge is -1.99. The molecule has 102 valence electrons. The van der Waals surface area contributed by atoms with Crippen molar-refractivity contribution >= 4 is 16.1 Å². The van der Waals surface area contributed by atoms with Gasteiger partial charge in [-0.2, -0.15) is 13.5 Å². The van der Waals surface area contributed by atoms with Gasteiger partial charge in [0.25, 0.3) is 10.1 Å². The number of carbonyl (C=O) groups is 1. The van der Waals surface area contributed by atoms with Crippen LogP contribution in [0.3, 0.4) is 0 Å². The summed E-state index contributed by atoms with van der Waals surface area (Å²) < 4.78 is 35.4. The Labute approximate surface area is 104 Å². The molecule has 0 radical (unpaired) electrons. The first-order valence-electron chi connectivity index (χ1n) is 5.22. The van der Waals surface area contributed by atoms with Gasteiger partial charge in [0.05, 0.1) is 18.6 Å². The van der Waals surface area contributed by atoms with Gasteiger partial charge in [-0.1, -0.05) is 0 Å². The number of aryl methyl sites for hydroxylation is 1. The van der Waals surface area contributed by atoms with E-state index in [0.717, 1.165) is 0 Å². The first-order valence-corrected chi connectivity index (χ1v) is 6.83. The highest BCUT2D eigenvalue weighted by Crippen LogP contribution is 2.15. The number of hydrogen-bond donors (Lipinski definition) is 2. The van der Waals surface area contributed by atoms with E-state index in [4.69, 9.17) is 4.55 Å². The zero-order chi connectivity index (χ0) is 13.8. The Bertz CT molecular complexity index is 521. The average Bonchev–Trinajstić information content (AvgIpc) is 2.58. The molecule has 0 aromatic carbocycles. The van der Waals surface area contributed by atoms with Gasteiger partial charge in [0.1, 0.15) is 0 Å². The summed E-state index contributed by atoms with van der Waals surface area (Å²) in [5, 5.41) is 13.2. The predicted molar refractivity (Wildman–Crippen MR) is 60.9 cm³/mol. The first-order chi connectivity index (χ1) is 8.33. The van der Waals surface area contributed by atoms with Crippen LogP contribution in [0, 0.1) is 0 Å². The third-order valence-electron chi connectivity index (χ3n) is 2.00. The van der Waals surface area contributed by atoms with Crippen molar-refractivity contribution in [3.05, 3.63) is 11.9 Å². The smallest absolute Gasteiger partial charge is 0.362 e. The van der Waals surface area contributed by atoms with Crippen LogP contribution in [0.1, 0.15) is 23.8 Å². The highest BCUT2D eigenvalue weighted by atomic mass is 32.2. The maximum atomic E-state index is 11.3. The number of nitrogens with zero attached hydrogens (tertiary/aromatic N) is 2. The monoisotopic (exact) mass is 278 g/mol. The molecule has 0 aliphatic heterocycles. The molecule has 1 aromatic heterocycles. The molecule has 1 rings (SSSR count). The molecule has 1 heterocycles. The average molecular weight is 278 g/mol. The van der Waals surface area contributed by atoms with Gasteiger partial charge in [-0.05, 0) is 13.3 Å². The van der Waals surface area contributed by atoms with Gasteiger partial charge in [0.2, 0.25) is 5.69 Å². The zero-order valence-corrected chi connectivity index (χ0v) is 10.6. The molecule has 0 unspecified atom stereocenters. The van der Waals surface area contributed by atoms with E-state index in [0.29, 0.717) is 0 Å². The Morgan fingerprint density at radius 3 is 2.78 bits per heavy atom. The van der Waals surface area contributed by atoms with Crippen molar-refractivity contribution in [1.82, 2.24) is 9.78 Å². The first kappa shape index (κ1) is 14.5. The highest BCUT2D eigenvalue weighted by Gasteiger charge is 2.17. The van der Waals surface area contributed by atoms with Crippen LogP contribution in [0.25, 0.3) is 0 Å². The maximum Gasteiger partial charge on any atom is 0.362 e. The summed E-state index contributed by atoms with van der Waals surface area (Å²) in [6.45, 7) is 1.93. The number of aromatic hydroxyl groups is 1. The number of hydrogen-bond acceptors (Lipinski definition) is 6. The van der Waals surface area contributed by atoms with E-state index in [1.807, 2.05) is 0 Å². The number of ether oxygens (including phenoxy) is 1. The largest absolute Gasteiger partial charge is 0.504 e. The second kappa shape index (κ2) is 5.83. The quantitative estimate of drug-likeness (QED) is 0.557. The molecule has 0 aliphatic carbocycles. The van der Waals surface area contributed by atoms with Gasteiger partial charge in [-0.25, -0.2) is 4.79 Å². The summed E-state index contributed by atoms with van der Waals surface area (Å²) in [7, 11) is -4.02. The van der Waals surface area contributed by atoms with Crippen LogP contribution in [-0.4, -0.2) is 46.2 Å². The van der Waals surface area contributed by atoms with Crippen molar-refractivity contribution in [2.75, 3.05) is 12.4 Å². The van der Waals surface area contributed by atoms with Crippen LogP contribution in [0.15, 0.2) is 6.20 Å². The number of rotatable bonds is 6. The van der Waals surface area contributed by atoms with Crippen molar-refractivity contribution in [2.45, 2.75) is 19.9 Å². The molecule has 0 amide bonds. The normalized spacial score (nSPS) is 11.4. The Morgan fingerprint density at radius 1 is 1.56 bits per heavy atom. The molecular weight excluding hydrogens is 264 g/mol. The van der Waals surface area contributed by atoms with Gasteiger partial charge in [-0.15, -0.1) is 0 Å². The van der Waals surface area contributed by atoms with E-state index < -0.39 is 21.8 Å². The third-order valence-corrected chi connectivity index (χ3v) is 2.81. The third kappa shape index (κ3) is 4.34. The molecule has 0 saturated carbocycles. The fourth-order valence-corrected chi connectivity index (χ4v) is 1.77. The lowest BCUT2D eigenvalue weighted by atomic mass is 10.4. The van der Waals surface area contributed by atoms with E-state index in [-0.39, 0.29) is 31.0 Å². The summed E-state index contributed by atoms with van der Waals surface area (Å²) in [6, 6.07) is 0. The summed E-state index contributed by atoms with van der Waals surface area (Å²) in [4.78, 5) is 11.3. The van der Waals surface area contributed by atoms with Crippen LogP contribution in [-0.2, 0) is 21.4 Å². The molecule has 0 saturated heterocycles. The Morgan fingerprint density at radius 2 is 2.22 bits per heavy atom. The van der Waals surface area contributed by atoms with E-state index in [9.17, 15) is 18.3 Å². The molecule has 18 heavy (non-hydrogen) atoms. The molecule has 1 aromatic rings. The topological polar surface area (TPSA) is 119 Å². The van der Waals surface area contributed by atoms with Crippen molar-refractivity contribution < 1.29 is 27.6 Å². The van der Waals surface area contributed by atoms with E-state index in [1.54, 1.807) is 6.92 Å². The number of esters is 1. The lowest BCUT2D eigenvalue weighted by Crippen LogP contribution is -2.10. The molecule has 0 atom stereocenters. The minimum Gasteiger partial charge on any atom is -0.504 e. The van der Waals surface area contributed by atoms with Crippen LogP contribution in [0.4, 0.5) is 0 Å². The van der Waals surface area contributed by atoms with Gasteiger partial charge in [-0.3, -0.25) is 9.23 Å². The van der Waals surface area contributed by atoms with Crippen LogP contribution >= 0.6 is 0 Å². The van der Waals surface area contributed by atoms with E-state index >= 15 is 0 Å². The molecule has 0 spiro atoms. The SMILES string of the molecule is CCOC(=O)c1nn(CCCS(=O)(=O)O)cc1O. The summed E-state index contributed by atoms with van der Waals surface area (Å²) in [5.41, 5.74) is -0.219. The second-order valence-corrected chi connectivity index (χ2v) is 5.06. The lowest BCUT2D eigenvalue weighted by molar-refractivity contribution is 0.0515. The van der Waals surface area contributed by atoms with Crippen LogP contribution in [0.2, 0.25) is 0 Å². The van der Waals surface area contributed by atoms with Crippen LogP contribution < -0.4 is 0 Å². The second-order valence-electron chi connectivity index (χ2n) is 3.49. The number of aromatic nitrogens is 2. The predicted octanol–water partition coefficient (Wildman–Crippen LogP) is 0.0433. The van der Waals surface area contributed by atoms with E-state index in [2.05, 4.69) is 9.84 Å². The summed E-state index contributed by atoms with van der Waals surface area (Å²) in [6.07, 6.45) is 1.30. The molecule has 0 fully saturated rings. The zero-order valence-electron chi connectivity index (χ0n) is 9.74. The van der Waals surface area contributed by atoms with Gasteiger partial charge in [0.15, 0.2) is 5.75 Å². The minimum atomic E-state index is -4.02. The molecule has 0 aliphatic rings. The number of carbonyl (C=O) groups excluding carboxylic acids is 1. The summed E-state index contributed by atoms with van der Waals surface area (Å²) in [5.74, 6) is -1.49.